The molecule has 0 aliphatic heterocycles. The van der Waals surface area contributed by atoms with Gasteiger partial charge >= 0.3 is 5.97 Å². The Kier molecular flexibility index (Phi) is 4.76. The van der Waals surface area contributed by atoms with E-state index in [1.165, 1.54) is 0 Å². The van der Waals surface area contributed by atoms with Crippen LogP contribution < -0.4 is 5.73 Å². The third-order valence-electron chi connectivity index (χ3n) is 1.86. The molecule has 1 aromatic carbocycles. The molecule has 3 N–H and O–H groups in total. The predicted molar refractivity (Wildman–Crippen MR) is 65.8 cm³/mol. The van der Waals surface area contributed by atoms with Crippen LogP contribution in [-0.2, 0) is 11.2 Å². The van der Waals surface area contributed by atoms with Gasteiger partial charge in [-0.25, -0.2) is 0 Å². The first kappa shape index (κ1) is 12.7. The maximum Gasteiger partial charge on any atom is 0.304 e. The van der Waals surface area contributed by atoms with E-state index in [0.717, 1.165) is 14.5 Å². The minimum Gasteiger partial charge on any atom is -0.481 e. The van der Waals surface area contributed by atoms with E-state index in [2.05, 4.69) is 31.9 Å². The van der Waals surface area contributed by atoms with E-state index in [9.17, 15) is 4.79 Å². The van der Waals surface area contributed by atoms with E-state index in [1.807, 2.05) is 18.2 Å². The molecule has 0 saturated heterocycles. The van der Waals surface area contributed by atoms with Crippen molar-refractivity contribution in [1.29, 1.82) is 0 Å². The van der Waals surface area contributed by atoms with Crippen molar-refractivity contribution in [1.82, 2.24) is 0 Å². The van der Waals surface area contributed by atoms with Gasteiger partial charge in [0.2, 0.25) is 0 Å². The molecule has 0 amide bonds. The van der Waals surface area contributed by atoms with Gasteiger partial charge in [-0.05, 0) is 30.2 Å². The van der Waals surface area contributed by atoms with E-state index in [1.54, 1.807) is 0 Å². The van der Waals surface area contributed by atoms with Crippen LogP contribution in [0.1, 0.15) is 12.0 Å². The van der Waals surface area contributed by atoms with Crippen LogP contribution in [0.3, 0.4) is 0 Å². The number of hydrogen-bond acceptors (Lipinski definition) is 2. The molecule has 0 saturated carbocycles. The molecule has 0 aliphatic rings. The first-order valence-corrected chi connectivity index (χ1v) is 5.98. The van der Waals surface area contributed by atoms with Crippen LogP contribution in [0.15, 0.2) is 27.1 Å². The van der Waals surface area contributed by atoms with Gasteiger partial charge < -0.3 is 10.8 Å². The Morgan fingerprint density at radius 3 is 2.33 bits per heavy atom. The van der Waals surface area contributed by atoms with Crippen LogP contribution in [0.5, 0.6) is 0 Å². The van der Waals surface area contributed by atoms with Gasteiger partial charge in [-0.2, -0.15) is 0 Å². The Labute approximate surface area is 105 Å². The zero-order valence-corrected chi connectivity index (χ0v) is 11.1. The highest BCUT2D eigenvalue weighted by Gasteiger charge is 2.09. The van der Waals surface area contributed by atoms with E-state index < -0.39 is 5.97 Å². The Morgan fingerprint density at radius 1 is 1.33 bits per heavy atom. The number of rotatable bonds is 4. The van der Waals surface area contributed by atoms with E-state index in [0.29, 0.717) is 6.42 Å². The lowest BCUT2D eigenvalue weighted by molar-refractivity contribution is -0.137. The van der Waals surface area contributed by atoms with Gasteiger partial charge in [0.05, 0.1) is 6.42 Å². The molecule has 0 aromatic heterocycles. The van der Waals surface area contributed by atoms with Crippen LogP contribution in [0.25, 0.3) is 0 Å². The number of aliphatic carboxylic acids is 1. The van der Waals surface area contributed by atoms with Gasteiger partial charge in [0.15, 0.2) is 0 Å². The molecule has 0 heterocycles. The molecule has 0 fully saturated rings. The van der Waals surface area contributed by atoms with Crippen LogP contribution in [0, 0.1) is 0 Å². The lowest BCUT2D eigenvalue weighted by atomic mass is 10.0. The summed E-state index contributed by atoms with van der Waals surface area (Å²) in [5.41, 5.74) is 6.71. The molecule has 0 aliphatic carbocycles. The summed E-state index contributed by atoms with van der Waals surface area (Å²) in [5.74, 6) is -0.864. The summed E-state index contributed by atoms with van der Waals surface area (Å²) < 4.78 is 1.91. The first-order chi connectivity index (χ1) is 6.97. The highest BCUT2D eigenvalue weighted by molar-refractivity contribution is 9.11. The maximum absolute atomic E-state index is 10.4. The second kappa shape index (κ2) is 5.63. The number of carbonyl (C=O) groups is 1. The maximum atomic E-state index is 10.4. The molecule has 0 radical (unpaired) electrons. The van der Waals surface area contributed by atoms with Gasteiger partial charge in [0.1, 0.15) is 0 Å². The fraction of sp³-hybridized carbons (Fsp3) is 0.300. The molecule has 0 spiro atoms. The quantitative estimate of drug-likeness (QED) is 0.888. The summed E-state index contributed by atoms with van der Waals surface area (Å²) >= 11 is 6.73. The van der Waals surface area contributed by atoms with Crippen molar-refractivity contribution in [2.24, 2.45) is 5.73 Å². The van der Waals surface area contributed by atoms with Crippen molar-refractivity contribution in [3.8, 4) is 0 Å². The van der Waals surface area contributed by atoms with E-state index >= 15 is 0 Å². The highest BCUT2D eigenvalue weighted by Crippen LogP contribution is 2.21. The van der Waals surface area contributed by atoms with Crippen LogP contribution in [0.4, 0.5) is 0 Å². The van der Waals surface area contributed by atoms with Gasteiger partial charge in [-0.1, -0.05) is 31.9 Å². The third kappa shape index (κ3) is 4.77. The minimum absolute atomic E-state index is 0.00979. The molecule has 0 bridgehead atoms. The Morgan fingerprint density at radius 2 is 1.87 bits per heavy atom. The lowest BCUT2D eigenvalue weighted by Crippen LogP contribution is -2.26. The number of halogens is 2. The molecule has 1 aromatic rings. The number of carboxylic acid groups (broad SMARTS) is 1. The third-order valence-corrected chi connectivity index (χ3v) is 2.77. The van der Waals surface area contributed by atoms with E-state index in [4.69, 9.17) is 10.8 Å². The summed E-state index contributed by atoms with van der Waals surface area (Å²) in [6, 6.07) is 5.45. The molecule has 1 atom stereocenters. The normalized spacial score (nSPS) is 12.5. The average molecular weight is 337 g/mol. The fourth-order valence-corrected chi connectivity index (χ4v) is 2.72. The molecular formula is C10H11Br2NO2. The molecule has 1 rings (SSSR count). The Balaban J connectivity index is 2.67. The van der Waals surface area contributed by atoms with Crippen molar-refractivity contribution in [3.63, 3.8) is 0 Å². The predicted octanol–water partition coefficient (Wildman–Crippen LogP) is 2.56. The van der Waals surface area contributed by atoms with Crippen molar-refractivity contribution in [2.75, 3.05) is 0 Å². The molecule has 3 nitrogen and oxygen atoms in total. The van der Waals surface area contributed by atoms with E-state index in [-0.39, 0.29) is 12.5 Å². The second-order valence-corrected chi connectivity index (χ2v) is 5.17. The lowest BCUT2D eigenvalue weighted by Gasteiger charge is -2.09. The molecule has 15 heavy (non-hydrogen) atoms. The second-order valence-electron chi connectivity index (χ2n) is 3.34. The number of nitrogens with two attached hydrogens (primary N) is 1. The SMILES string of the molecule is NC(CC(=O)O)Cc1cc(Br)cc(Br)c1. The van der Waals surface area contributed by atoms with Gasteiger partial charge in [-0.15, -0.1) is 0 Å². The summed E-state index contributed by atoms with van der Waals surface area (Å²) in [4.78, 5) is 10.4. The zero-order valence-electron chi connectivity index (χ0n) is 7.91. The van der Waals surface area contributed by atoms with Gasteiger partial charge in [0.25, 0.3) is 0 Å². The van der Waals surface area contributed by atoms with Crippen molar-refractivity contribution in [3.05, 3.63) is 32.7 Å². The van der Waals surface area contributed by atoms with Gasteiger partial charge in [-0.3, -0.25) is 4.79 Å². The summed E-state index contributed by atoms with van der Waals surface area (Å²) in [7, 11) is 0. The van der Waals surface area contributed by atoms with Crippen molar-refractivity contribution in [2.45, 2.75) is 18.9 Å². The number of carboxylic acids is 1. The molecule has 82 valence electrons. The van der Waals surface area contributed by atoms with Crippen molar-refractivity contribution < 1.29 is 9.90 Å². The number of hydrogen-bond donors (Lipinski definition) is 2. The monoisotopic (exact) mass is 335 g/mol. The van der Waals surface area contributed by atoms with Crippen molar-refractivity contribution >= 4 is 37.8 Å². The van der Waals surface area contributed by atoms with Gasteiger partial charge in [0, 0.05) is 15.0 Å². The summed E-state index contributed by atoms with van der Waals surface area (Å²) in [6.07, 6.45) is 0.550. The zero-order chi connectivity index (χ0) is 11.4. The topological polar surface area (TPSA) is 63.3 Å². The minimum atomic E-state index is -0.864. The Bertz CT molecular complexity index is 348. The summed E-state index contributed by atoms with van der Waals surface area (Å²) in [6.45, 7) is 0. The Hall–Kier alpha value is -0.390. The molecule has 5 heteroatoms. The smallest absolute Gasteiger partial charge is 0.304 e. The van der Waals surface area contributed by atoms with Crippen LogP contribution >= 0.6 is 31.9 Å². The largest absolute Gasteiger partial charge is 0.481 e. The standard InChI is InChI=1S/C10H11Br2NO2/c11-7-1-6(2-8(12)4-7)3-9(13)5-10(14)15/h1-2,4,9H,3,5,13H2,(H,14,15). The molecular weight excluding hydrogens is 326 g/mol. The first-order valence-electron chi connectivity index (χ1n) is 4.39. The summed E-state index contributed by atoms with van der Waals surface area (Å²) in [5, 5.41) is 8.57. The number of benzene rings is 1. The highest BCUT2D eigenvalue weighted by atomic mass is 79.9. The average Bonchev–Trinajstić information content (AvgIpc) is 1.98. The molecule has 1 unspecified atom stereocenters. The fourth-order valence-electron chi connectivity index (χ4n) is 1.33. The van der Waals surface area contributed by atoms with Crippen LogP contribution in [0.2, 0.25) is 0 Å². The van der Waals surface area contributed by atoms with Crippen LogP contribution in [-0.4, -0.2) is 17.1 Å².